The number of carbonyl (C=O) groups is 1. The molecule has 2 aromatic rings. The van der Waals surface area contributed by atoms with Crippen LogP contribution in [-0.4, -0.2) is 20.9 Å². The van der Waals surface area contributed by atoms with Crippen LogP contribution in [0.2, 0.25) is 0 Å². The van der Waals surface area contributed by atoms with E-state index in [-0.39, 0.29) is 10.8 Å². The van der Waals surface area contributed by atoms with E-state index in [0.717, 1.165) is 22.1 Å². The molecule has 0 spiro atoms. The van der Waals surface area contributed by atoms with Gasteiger partial charge in [-0.2, -0.15) is 0 Å². The van der Waals surface area contributed by atoms with E-state index < -0.39 is 10.0 Å². The Morgan fingerprint density at radius 1 is 1.08 bits per heavy atom. The van der Waals surface area contributed by atoms with Crippen LogP contribution in [0.1, 0.15) is 25.3 Å². The van der Waals surface area contributed by atoms with Crippen molar-refractivity contribution in [1.82, 2.24) is 4.72 Å². The van der Waals surface area contributed by atoms with Crippen molar-refractivity contribution in [3.63, 3.8) is 0 Å². The second-order valence-electron chi connectivity index (χ2n) is 5.57. The second kappa shape index (κ2) is 9.12. The molecule has 0 aromatic heterocycles. The molecule has 2 aromatic carbocycles. The van der Waals surface area contributed by atoms with Crippen molar-refractivity contribution in [3.05, 3.63) is 58.6 Å². The highest BCUT2D eigenvalue weighted by Gasteiger charge is 2.12. The van der Waals surface area contributed by atoms with Gasteiger partial charge < -0.3 is 5.32 Å². The van der Waals surface area contributed by atoms with Gasteiger partial charge in [0.2, 0.25) is 15.9 Å². The molecule has 0 atom stereocenters. The molecule has 5 nitrogen and oxygen atoms in total. The largest absolute Gasteiger partial charge is 0.325 e. The minimum absolute atomic E-state index is 0.0896. The average Bonchev–Trinajstić information content (AvgIpc) is 2.60. The zero-order chi connectivity index (χ0) is 18.3. The smallest absolute Gasteiger partial charge is 0.240 e. The first-order valence-electron chi connectivity index (χ1n) is 8.05. The second-order valence-corrected chi connectivity index (χ2v) is 8.19. The lowest BCUT2D eigenvalue weighted by molar-refractivity contribution is -0.116. The summed E-state index contributed by atoms with van der Waals surface area (Å²) in [4.78, 5) is 12.3. The van der Waals surface area contributed by atoms with Crippen molar-refractivity contribution in [3.8, 4) is 0 Å². The molecule has 7 heteroatoms. The van der Waals surface area contributed by atoms with E-state index in [9.17, 15) is 13.2 Å². The van der Waals surface area contributed by atoms with Crippen LogP contribution >= 0.6 is 15.9 Å². The van der Waals surface area contributed by atoms with Crippen LogP contribution in [0.25, 0.3) is 0 Å². The number of sulfonamides is 1. The fraction of sp³-hybridized carbons (Fsp3) is 0.278. The number of aryl methyl sites for hydroxylation is 1. The predicted octanol–water partition coefficient (Wildman–Crippen LogP) is 3.71. The van der Waals surface area contributed by atoms with Gasteiger partial charge >= 0.3 is 0 Å². The van der Waals surface area contributed by atoms with E-state index in [4.69, 9.17) is 0 Å². The first-order chi connectivity index (χ1) is 11.9. The lowest BCUT2D eigenvalue weighted by Crippen LogP contribution is -2.24. The van der Waals surface area contributed by atoms with Gasteiger partial charge in [-0.05, 0) is 58.6 Å². The number of benzene rings is 2. The van der Waals surface area contributed by atoms with Gasteiger partial charge in [-0.15, -0.1) is 0 Å². The molecule has 0 aliphatic heterocycles. The lowest BCUT2D eigenvalue weighted by Gasteiger charge is -2.08. The van der Waals surface area contributed by atoms with Crippen molar-refractivity contribution in [2.75, 3.05) is 11.9 Å². The molecule has 0 fully saturated rings. The Bertz CT molecular complexity index is 820. The van der Waals surface area contributed by atoms with E-state index in [1.165, 1.54) is 0 Å². The molecule has 0 aliphatic carbocycles. The highest BCUT2D eigenvalue weighted by atomic mass is 79.9. The molecule has 0 saturated carbocycles. The van der Waals surface area contributed by atoms with Crippen molar-refractivity contribution in [2.24, 2.45) is 0 Å². The number of amides is 1. The van der Waals surface area contributed by atoms with E-state index in [1.54, 1.807) is 24.3 Å². The number of rotatable bonds is 8. The summed E-state index contributed by atoms with van der Waals surface area (Å²) in [6.45, 7) is 2.32. The van der Waals surface area contributed by atoms with E-state index >= 15 is 0 Å². The number of hydrogen-bond donors (Lipinski definition) is 2. The summed E-state index contributed by atoms with van der Waals surface area (Å²) in [5.74, 6) is -0.0896. The van der Waals surface area contributed by atoms with E-state index in [1.807, 2.05) is 31.2 Å². The van der Waals surface area contributed by atoms with Crippen molar-refractivity contribution < 1.29 is 13.2 Å². The quantitative estimate of drug-likeness (QED) is 0.677. The Hall–Kier alpha value is -1.70. The van der Waals surface area contributed by atoms with Crippen LogP contribution in [-0.2, 0) is 21.2 Å². The van der Waals surface area contributed by atoms with Gasteiger partial charge in [0, 0.05) is 17.4 Å². The highest BCUT2D eigenvalue weighted by molar-refractivity contribution is 9.10. The zero-order valence-corrected chi connectivity index (χ0v) is 16.4. The Balaban J connectivity index is 1.91. The molecule has 2 N–H and O–H groups in total. The SMILES string of the molecule is CCCNS(=O)(=O)c1ccc(CCC(=O)Nc2ccccc2Br)cc1. The molecule has 25 heavy (non-hydrogen) atoms. The summed E-state index contributed by atoms with van der Waals surface area (Å²) in [7, 11) is -3.45. The van der Waals surface area contributed by atoms with Crippen LogP contribution < -0.4 is 10.0 Å². The first-order valence-corrected chi connectivity index (χ1v) is 10.3. The van der Waals surface area contributed by atoms with Crippen LogP contribution in [0.15, 0.2) is 57.9 Å². The normalized spacial score (nSPS) is 11.3. The maximum Gasteiger partial charge on any atom is 0.240 e. The van der Waals surface area contributed by atoms with E-state index in [0.29, 0.717) is 19.4 Å². The number of para-hydroxylation sites is 1. The Labute approximate surface area is 157 Å². The number of halogens is 1. The maximum absolute atomic E-state index is 12.0. The fourth-order valence-corrected chi connectivity index (χ4v) is 3.71. The number of nitrogens with one attached hydrogen (secondary N) is 2. The molecule has 1 amide bonds. The van der Waals surface area contributed by atoms with Gasteiger partial charge in [-0.25, -0.2) is 13.1 Å². The third-order valence-corrected chi connectivity index (χ3v) is 5.73. The van der Waals surface area contributed by atoms with Crippen molar-refractivity contribution >= 4 is 37.5 Å². The molecular weight excluding hydrogens is 404 g/mol. The minimum atomic E-state index is -3.45. The first kappa shape index (κ1) is 19.6. The zero-order valence-electron chi connectivity index (χ0n) is 14.0. The lowest BCUT2D eigenvalue weighted by atomic mass is 10.1. The standard InChI is InChI=1S/C18H21BrN2O3S/c1-2-13-20-25(23,24)15-10-7-14(8-11-15)9-12-18(22)21-17-6-4-3-5-16(17)19/h3-8,10-11,20H,2,9,12-13H2,1H3,(H,21,22). The summed E-state index contributed by atoms with van der Waals surface area (Å²) >= 11 is 3.39. The number of hydrogen-bond acceptors (Lipinski definition) is 3. The van der Waals surface area contributed by atoms with Crippen LogP contribution in [0.3, 0.4) is 0 Å². The third kappa shape index (κ3) is 5.95. The summed E-state index contributed by atoms with van der Waals surface area (Å²) in [6.07, 6.45) is 1.60. The molecule has 0 heterocycles. The molecule has 2 rings (SSSR count). The van der Waals surface area contributed by atoms with Gasteiger partial charge in [0.1, 0.15) is 0 Å². The van der Waals surface area contributed by atoms with Crippen molar-refractivity contribution in [1.29, 1.82) is 0 Å². The Kier molecular flexibility index (Phi) is 7.16. The predicted molar refractivity (Wildman–Crippen MR) is 103 cm³/mol. The minimum Gasteiger partial charge on any atom is -0.325 e. The maximum atomic E-state index is 12.0. The van der Waals surface area contributed by atoms with Gasteiger partial charge in [-0.3, -0.25) is 4.79 Å². The Morgan fingerprint density at radius 2 is 1.76 bits per heavy atom. The van der Waals surface area contributed by atoms with Gasteiger partial charge in [0.25, 0.3) is 0 Å². The van der Waals surface area contributed by atoms with E-state index in [2.05, 4.69) is 26.0 Å². The number of carbonyl (C=O) groups excluding carboxylic acids is 1. The summed E-state index contributed by atoms with van der Waals surface area (Å²) in [5, 5.41) is 2.85. The van der Waals surface area contributed by atoms with Crippen LogP contribution in [0.5, 0.6) is 0 Å². The van der Waals surface area contributed by atoms with Crippen LogP contribution in [0, 0.1) is 0 Å². The van der Waals surface area contributed by atoms with Gasteiger partial charge in [-0.1, -0.05) is 31.2 Å². The van der Waals surface area contributed by atoms with Crippen molar-refractivity contribution in [2.45, 2.75) is 31.1 Å². The Morgan fingerprint density at radius 3 is 2.40 bits per heavy atom. The molecular formula is C18H21BrN2O3S. The molecule has 134 valence electrons. The number of anilines is 1. The average molecular weight is 425 g/mol. The molecule has 0 radical (unpaired) electrons. The molecule has 0 saturated heterocycles. The summed E-state index contributed by atoms with van der Waals surface area (Å²) in [5.41, 5.74) is 1.65. The summed E-state index contributed by atoms with van der Waals surface area (Å²) < 4.78 is 27.4. The molecule has 0 unspecified atom stereocenters. The highest BCUT2D eigenvalue weighted by Crippen LogP contribution is 2.21. The topological polar surface area (TPSA) is 75.3 Å². The molecule has 0 bridgehead atoms. The summed E-state index contributed by atoms with van der Waals surface area (Å²) in [6, 6.07) is 14.0. The van der Waals surface area contributed by atoms with Gasteiger partial charge in [0.15, 0.2) is 0 Å². The molecule has 0 aliphatic rings. The third-order valence-electron chi connectivity index (χ3n) is 3.56. The van der Waals surface area contributed by atoms with Crippen LogP contribution in [0.4, 0.5) is 5.69 Å². The fourth-order valence-electron chi connectivity index (χ4n) is 2.19. The monoisotopic (exact) mass is 424 g/mol. The van der Waals surface area contributed by atoms with Gasteiger partial charge in [0.05, 0.1) is 10.6 Å².